The van der Waals surface area contributed by atoms with Gasteiger partial charge in [0, 0.05) is 11.1 Å². The maximum atomic E-state index is 5.16. The van der Waals surface area contributed by atoms with Crippen molar-refractivity contribution in [1.29, 1.82) is 0 Å². The second kappa shape index (κ2) is 2.01. The second-order valence-electron chi connectivity index (χ2n) is 3.13. The van der Waals surface area contributed by atoms with E-state index in [0.29, 0.717) is 5.41 Å². The number of hydrogen-bond acceptors (Lipinski definition) is 2. The van der Waals surface area contributed by atoms with Gasteiger partial charge in [0.2, 0.25) is 0 Å². The summed E-state index contributed by atoms with van der Waals surface area (Å²) in [4.78, 5) is 0. The molecular formula is C7H14N2. The molecule has 2 heteroatoms. The molecule has 1 saturated carbocycles. The van der Waals surface area contributed by atoms with Crippen molar-refractivity contribution in [2.75, 3.05) is 0 Å². The third-order valence-corrected chi connectivity index (χ3v) is 2.52. The van der Waals surface area contributed by atoms with Crippen molar-refractivity contribution in [2.24, 2.45) is 16.4 Å². The Bertz CT molecular complexity index is 134. The summed E-state index contributed by atoms with van der Waals surface area (Å²) in [6, 6.07) is 0. The van der Waals surface area contributed by atoms with E-state index in [0.717, 1.165) is 5.71 Å². The van der Waals surface area contributed by atoms with Gasteiger partial charge in [0.1, 0.15) is 0 Å². The minimum absolute atomic E-state index is 0.356. The van der Waals surface area contributed by atoms with Crippen LogP contribution in [0, 0.1) is 5.41 Å². The summed E-state index contributed by atoms with van der Waals surface area (Å²) in [7, 11) is 0. The van der Waals surface area contributed by atoms with Crippen molar-refractivity contribution < 1.29 is 0 Å². The van der Waals surface area contributed by atoms with E-state index in [1.807, 2.05) is 6.92 Å². The predicted molar refractivity (Wildman–Crippen MR) is 39.3 cm³/mol. The van der Waals surface area contributed by atoms with Crippen molar-refractivity contribution in [2.45, 2.75) is 33.1 Å². The maximum absolute atomic E-state index is 5.16. The van der Waals surface area contributed by atoms with Crippen LogP contribution in [0.1, 0.15) is 33.1 Å². The number of hydrogen-bond donors (Lipinski definition) is 1. The lowest BCUT2D eigenvalue weighted by Crippen LogP contribution is -2.33. The van der Waals surface area contributed by atoms with Crippen LogP contribution in [0.4, 0.5) is 0 Å². The summed E-state index contributed by atoms with van der Waals surface area (Å²) >= 11 is 0. The molecule has 2 N–H and O–H groups in total. The normalized spacial score (nSPS) is 25.3. The van der Waals surface area contributed by atoms with E-state index < -0.39 is 0 Å². The highest BCUT2D eigenvalue weighted by Crippen LogP contribution is 2.41. The van der Waals surface area contributed by atoms with Gasteiger partial charge in [-0.3, -0.25) is 0 Å². The van der Waals surface area contributed by atoms with Crippen LogP contribution in [0.15, 0.2) is 5.10 Å². The quantitative estimate of drug-likeness (QED) is 0.323. The molecule has 0 unspecified atom stereocenters. The number of nitrogens with zero attached hydrogens (tertiary/aromatic N) is 1. The van der Waals surface area contributed by atoms with Crippen molar-refractivity contribution in [1.82, 2.24) is 0 Å². The Balaban J connectivity index is 2.59. The first-order valence-electron chi connectivity index (χ1n) is 3.44. The van der Waals surface area contributed by atoms with Crippen molar-refractivity contribution in [3.05, 3.63) is 0 Å². The molecule has 0 spiro atoms. The summed E-state index contributed by atoms with van der Waals surface area (Å²) < 4.78 is 0. The average Bonchev–Trinajstić information content (AvgIpc) is 1.81. The molecule has 0 aromatic rings. The summed E-state index contributed by atoms with van der Waals surface area (Å²) in [5.74, 6) is 5.16. The molecule has 0 aromatic carbocycles. The average molecular weight is 126 g/mol. The highest BCUT2D eigenvalue weighted by Gasteiger charge is 2.34. The molecule has 0 heterocycles. The fraction of sp³-hybridized carbons (Fsp3) is 0.857. The molecule has 0 saturated heterocycles. The van der Waals surface area contributed by atoms with Gasteiger partial charge in [-0.15, -0.1) is 0 Å². The number of nitrogens with two attached hydrogens (primary N) is 1. The molecule has 1 aliphatic rings. The van der Waals surface area contributed by atoms with Gasteiger partial charge in [-0.25, -0.2) is 0 Å². The Morgan fingerprint density at radius 1 is 1.56 bits per heavy atom. The molecule has 9 heavy (non-hydrogen) atoms. The second-order valence-corrected chi connectivity index (χ2v) is 3.13. The van der Waals surface area contributed by atoms with Crippen LogP contribution in [-0.2, 0) is 0 Å². The predicted octanol–water partition coefficient (Wildman–Crippen LogP) is 1.51. The number of rotatable bonds is 1. The Morgan fingerprint density at radius 2 is 2.11 bits per heavy atom. The van der Waals surface area contributed by atoms with Crippen LogP contribution < -0.4 is 5.84 Å². The van der Waals surface area contributed by atoms with Gasteiger partial charge in [-0.2, -0.15) is 5.10 Å². The van der Waals surface area contributed by atoms with Gasteiger partial charge in [0.05, 0.1) is 0 Å². The zero-order valence-corrected chi connectivity index (χ0v) is 6.15. The van der Waals surface area contributed by atoms with Crippen LogP contribution >= 0.6 is 0 Å². The molecular weight excluding hydrogens is 112 g/mol. The van der Waals surface area contributed by atoms with E-state index in [1.165, 1.54) is 19.3 Å². The lowest BCUT2D eigenvalue weighted by molar-refractivity contribution is 0.260. The molecule has 0 atom stereocenters. The Hall–Kier alpha value is -0.530. The summed E-state index contributed by atoms with van der Waals surface area (Å²) in [5.41, 5.74) is 1.46. The van der Waals surface area contributed by atoms with Crippen molar-refractivity contribution >= 4 is 5.71 Å². The van der Waals surface area contributed by atoms with E-state index in [1.54, 1.807) is 0 Å². The zero-order valence-electron chi connectivity index (χ0n) is 6.15. The molecule has 0 radical (unpaired) electrons. The molecule has 1 rings (SSSR count). The lowest BCUT2D eigenvalue weighted by Gasteiger charge is -2.37. The SMILES string of the molecule is C/C(=N\N)C1(C)CCC1. The van der Waals surface area contributed by atoms with Crippen molar-refractivity contribution in [3.63, 3.8) is 0 Å². The van der Waals surface area contributed by atoms with Crippen LogP contribution in [0.3, 0.4) is 0 Å². The van der Waals surface area contributed by atoms with Gasteiger partial charge < -0.3 is 5.84 Å². The minimum Gasteiger partial charge on any atom is -0.323 e. The standard InChI is InChI=1S/C7H14N2/c1-6(9-8)7(2)4-3-5-7/h3-5,8H2,1-2H3/b9-6+. The highest BCUT2D eigenvalue weighted by molar-refractivity contribution is 5.88. The number of hydrazone groups is 1. The topological polar surface area (TPSA) is 38.4 Å². The first-order chi connectivity index (χ1) is 4.19. The molecule has 2 nitrogen and oxygen atoms in total. The molecule has 0 amide bonds. The monoisotopic (exact) mass is 126 g/mol. The fourth-order valence-corrected chi connectivity index (χ4v) is 1.22. The first-order valence-corrected chi connectivity index (χ1v) is 3.44. The van der Waals surface area contributed by atoms with Crippen LogP contribution in [0.25, 0.3) is 0 Å². The molecule has 0 bridgehead atoms. The molecule has 1 aliphatic carbocycles. The summed E-state index contributed by atoms with van der Waals surface area (Å²) in [6.45, 7) is 4.24. The highest BCUT2D eigenvalue weighted by atomic mass is 15.1. The van der Waals surface area contributed by atoms with Crippen LogP contribution in [0.2, 0.25) is 0 Å². The van der Waals surface area contributed by atoms with Gasteiger partial charge >= 0.3 is 0 Å². The molecule has 0 aliphatic heterocycles. The minimum atomic E-state index is 0.356. The Labute approximate surface area is 56.1 Å². The van der Waals surface area contributed by atoms with E-state index in [4.69, 9.17) is 5.84 Å². The first kappa shape index (κ1) is 6.59. The van der Waals surface area contributed by atoms with Crippen molar-refractivity contribution in [3.8, 4) is 0 Å². The third-order valence-electron chi connectivity index (χ3n) is 2.52. The largest absolute Gasteiger partial charge is 0.323 e. The van der Waals surface area contributed by atoms with E-state index in [9.17, 15) is 0 Å². The van der Waals surface area contributed by atoms with Crippen LogP contribution in [-0.4, -0.2) is 5.71 Å². The van der Waals surface area contributed by atoms with Gasteiger partial charge in [-0.1, -0.05) is 13.3 Å². The van der Waals surface area contributed by atoms with Gasteiger partial charge in [0.25, 0.3) is 0 Å². The van der Waals surface area contributed by atoms with Gasteiger partial charge in [-0.05, 0) is 19.8 Å². The smallest absolute Gasteiger partial charge is 0.0403 e. The Morgan fingerprint density at radius 3 is 2.22 bits per heavy atom. The summed E-state index contributed by atoms with van der Waals surface area (Å²) in [5, 5.41) is 3.70. The molecule has 52 valence electrons. The third kappa shape index (κ3) is 0.934. The van der Waals surface area contributed by atoms with E-state index in [-0.39, 0.29) is 0 Å². The summed E-state index contributed by atoms with van der Waals surface area (Å²) in [6.07, 6.45) is 3.86. The fourth-order valence-electron chi connectivity index (χ4n) is 1.22. The van der Waals surface area contributed by atoms with E-state index >= 15 is 0 Å². The Kier molecular flexibility index (Phi) is 1.47. The maximum Gasteiger partial charge on any atom is 0.0403 e. The van der Waals surface area contributed by atoms with Crippen LogP contribution in [0.5, 0.6) is 0 Å². The molecule has 1 fully saturated rings. The lowest BCUT2D eigenvalue weighted by atomic mass is 9.68. The van der Waals surface area contributed by atoms with Gasteiger partial charge in [0.15, 0.2) is 0 Å². The molecule has 0 aromatic heterocycles. The van der Waals surface area contributed by atoms with E-state index in [2.05, 4.69) is 12.0 Å². The zero-order chi connectivity index (χ0) is 6.91.